The first-order valence-corrected chi connectivity index (χ1v) is 5.77. The van der Waals surface area contributed by atoms with E-state index < -0.39 is 0 Å². The molecule has 0 radical (unpaired) electrons. The van der Waals surface area contributed by atoms with Crippen LogP contribution in [-0.4, -0.2) is 37.9 Å². The van der Waals surface area contributed by atoms with Crippen LogP contribution in [0.1, 0.15) is 17.2 Å². The third-order valence-electron chi connectivity index (χ3n) is 3.51. The normalized spacial score (nSPS) is 30.6. The zero-order valence-electron chi connectivity index (χ0n) is 10.1. The Morgan fingerprint density at radius 1 is 1.24 bits per heavy atom. The minimum absolute atomic E-state index is 0. The second-order valence-electron chi connectivity index (χ2n) is 4.75. The fourth-order valence-electron chi connectivity index (χ4n) is 2.57. The van der Waals surface area contributed by atoms with E-state index in [-0.39, 0.29) is 24.8 Å². The van der Waals surface area contributed by atoms with Gasteiger partial charge in [-0.15, -0.1) is 12.4 Å². The van der Waals surface area contributed by atoms with Crippen LogP contribution < -0.4 is 0 Å². The number of halogens is 1. The number of nitrogens with zero attached hydrogens (tertiary/aromatic N) is 1. The standard InChI is InChI=1S/C13H17NO2.ClH/c1-14(2)11-8-15-12-7-9-5-3-4-6-10(9)13(11)16-12;/h3-6,11-13H,7-8H2,1-2H3;1H. The van der Waals surface area contributed by atoms with E-state index in [0.29, 0.717) is 6.04 Å². The zero-order chi connectivity index (χ0) is 11.1. The first kappa shape index (κ1) is 12.8. The Morgan fingerprint density at radius 2 is 2.00 bits per heavy atom. The molecular weight excluding hydrogens is 238 g/mol. The van der Waals surface area contributed by atoms with E-state index in [1.165, 1.54) is 11.1 Å². The average Bonchev–Trinajstić information content (AvgIpc) is 2.29. The van der Waals surface area contributed by atoms with Crippen LogP contribution in [0.25, 0.3) is 0 Å². The summed E-state index contributed by atoms with van der Waals surface area (Å²) in [5.41, 5.74) is 2.70. The molecule has 1 aromatic carbocycles. The third-order valence-corrected chi connectivity index (χ3v) is 3.51. The summed E-state index contributed by atoms with van der Waals surface area (Å²) >= 11 is 0. The van der Waals surface area contributed by atoms with E-state index in [1.807, 2.05) is 0 Å². The third kappa shape index (κ3) is 2.20. The van der Waals surface area contributed by atoms with Gasteiger partial charge in [-0.2, -0.15) is 0 Å². The van der Waals surface area contributed by atoms with Crippen molar-refractivity contribution in [2.75, 3.05) is 20.7 Å². The minimum Gasteiger partial charge on any atom is -0.351 e. The van der Waals surface area contributed by atoms with Crippen LogP contribution in [0.5, 0.6) is 0 Å². The number of ether oxygens (including phenoxy) is 2. The molecule has 1 aromatic rings. The first-order chi connectivity index (χ1) is 7.75. The topological polar surface area (TPSA) is 21.7 Å². The summed E-state index contributed by atoms with van der Waals surface area (Å²) in [6.07, 6.45) is 1.00. The van der Waals surface area contributed by atoms with Gasteiger partial charge in [-0.05, 0) is 25.2 Å². The van der Waals surface area contributed by atoms with Crippen molar-refractivity contribution in [1.82, 2.24) is 4.90 Å². The highest BCUT2D eigenvalue weighted by molar-refractivity contribution is 5.85. The van der Waals surface area contributed by atoms with Gasteiger partial charge in [0.15, 0.2) is 6.29 Å². The molecule has 3 nitrogen and oxygen atoms in total. The van der Waals surface area contributed by atoms with Gasteiger partial charge in [-0.3, -0.25) is 0 Å². The molecule has 17 heavy (non-hydrogen) atoms. The van der Waals surface area contributed by atoms with Crippen molar-refractivity contribution in [3.63, 3.8) is 0 Å². The lowest BCUT2D eigenvalue weighted by atomic mass is 9.91. The molecule has 2 aliphatic heterocycles. The largest absolute Gasteiger partial charge is 0.351 e. The summed E-state index contributed by atoms with van der Waals surface area (Å²) in [4.78, 5) is 2.18. The summed E-state index contributed by atoms with van der Waals surface area (Å²) < 4.78 is 11.7. The maximum Gasteiger partial charge on any atom is 0.162 e. The summed E-state index contributed by atoms with van der Waals surface area (Å²) in [6.45, 7) is 0.761. The molecule has 2 bridgehead atoms. The molecule has 0 aliphatic carbocycles. The highest BCUT2D eigenvalue weighted by Gasteiger charge is 2.39. The van der Waals surface area contributed by atoms with E-state index >= 15 is 0 Å². The highest BCUT2D eigenvalue weighted by Crippen LogP contribution is 2.37. The molecule has 3 rings (SSSR count). The predicted molar refractivity (Wildman–Crippen MR) is 68.4 cm³/mol. The van der Waals surface area contributed by atoms with E-state index in [0.717, 1.165) is 13.0 Å². The van der Waals surface area contributed by atoms with Gasteiger partial charge >= 0.3 is 0 Å². The predicted octanol–water partition coefficient (Wildman–Crippen LogP) is 2.01. The van der Waals surface area contributed by atoms with Crippen LogP contribution in [0.2, 0.25) is 0 Å². The van der Waals surface area contributed by atoms with Gasteiger partial charge in [0.2, 0.25) is 0 Å². The highest BCUT2D eigenvalue weighted by atomic mass is 35.5. The van der Waals surface area contributed by atoms with Crippen molar-refractivity contribution in [3.8, 4) is 0 Å². The molecular formula is C13H18ClNO2. The molecule has 0 saturated carbocycles. The molecule has 4 heteroatoms. The molecule has 0 N–H and O–H groups in total. The fraction of sp³-hybridized carbons (Fsp3) is 0.538. The maximum atomic E-state index is 5.96. The number of hydrogen-bond donors (Lipinski definition) is 0. The number of fused-ring (bicyclic) bond motifs is 4. The van der Waals surface area contributed by atoms with Gasteiger partial charge in [0.25, 0.3) is 0 Å². The van der Waals surface area contributed by atoms with E-state index in [9.17, 15) is 0 Å². The van der Waals surface area contributed by atoms with Crippen molar-refractivity contribution >= 4 is 12.4 Å². The van der Waals surface area contributed by atoms with Gasteiger partial charge in [-0.25, -0.2) is 0 Å². The second-order valence-corrected chi connectivity index (χ2v) is 4.75. The number of benzene rings is 1. The number of rotatable bonds is 1. The van der Waals surface area contributed by atoms with Gasteiger partial charge in [0, 0.05) is 6.42 Å². The molecule has 3 atom stereocenters. The second kappa shape index (κ2) is 4.94. The monoisotopic (exact) mass is 255 g/mol. The summed E-state index contributed by atoms with van der Waals surface area (Å²) in [6, 6.07) is 8.85. The van der Waals surface area contributed by atoms with E-state index in [1.54, 1.807) is 0 Å². The lowest BCUT2D eigenvalue weighted by Gasteiger charge is -2.43. The zero-order valence-corrected chi connectivity index (χ0v) is 10.9. The first-order valence-electron chi connectivity index (χ1n) is 5.77. The van der Waals surface area contributed by atoms with Gasteiger partial charge < -0.3 is 14.4 Å². The van der Waals surface area contributed by atoms with Gasteiger partial charge in [0.1, 0.15) is 6.10 Å². The van der Waals surface area contributed by atoms with Crippen LogP contribution >= 0.6 is 12.4 Å². The Balaban J connectivity index is 0.00000108. The quantitative estimate of drug-likeness (QED) is 0.766. The smallest absolute Gasteiger partial charge is 0.162 e. The van der Waals surface area contributed by atoms with Crippen LogP contribution in [0.4, 0.5) is 0 Å². The van der Waals surface area contributed by atoms with Gasteiger partial charge in [0.05, 0.1) is 12.6 Å². The van der Waals surface area contributed by atoms with E-state index in [2.05, 4.69) is 43.3 Å². The molecule has 3 unspecified atom stereocenters. The fourth-order valence-corrected chi connectivity index (χ4v) is 2.57. The molecule has 2 heterocycles. The number of likely N-dealkylation sites (N-methyl/N-ethyl adjacent to an activating group) is 1. The van der Waals surface area contributed by atoms with Crippen molar-refractivity contribution < 1.29 is 9.47 Å². The summed E-state index contributed by atoms with van der Waals surface area (Å²) in [7, 11) is 4.16. The lowest BCUT2D eigenvalue weighted by molar-refractivity contribution is -0.245. The molecule has 0 aromatic heterocycles. The molecule has 1 fully saturated rings. The Labute approximate surface area is 108 Å². The van der Waals surface area contributed by atoms with Crippen LogP contribution in [0.3, 0.4) is 0 Å². The van der Waals surface area contributed by atoms with Crippen molar-refractivity contribution in [2.45, 2.75) is 24.9 Å². The Kier molecular flexibility index (Phi) is 3.73. The molecule has 94 valence electrons. The van der Waals surface area contributed by atoms with Crippen LogP contribution in [0.15, 0.2) is 24.3 Å². The number of hydrogen-bond acceptors (Lipinski definition) is 3. The van der Waals surface area contributed by atoms with E-state index in [4.69, 9.17) is 9.47 Å². The summed E-state index contributed by atoms with van der Waals surface area (Å²) in [5.74, 6) is 0. The van der Waals surface area contributed by atoms with Crippen molar-refractivity contribution in [2.24, 2.45) is 0 Å². The van der Waals surface area contributed by atoms with Crippen LogP contribution in [0, 0.1) is 0 Å². The molecule has 1 saturated heterocycles. The Morgan fingerprint density at radius 3 is 2.76 bits per heavy atom. The SMILES string of the molecule is CN(C)C1COC2Cc3ccccc3C1O2.Cl. The molecule has 0 spiro atoms. The molecule has 2 aliphatic rings. The lowest BCUT2D eigenvalue weighted by Crippen LogP contribution is -2.49. The maximum absolute atomic E-state index is 5.96. The van der Waals surface area contributed by atoms with Crippen molar-refractivity contribution in [3.05, 3.63) is 35.4 Å². The molecule has 0 amide bonds. The Hall–Kier alpha value is -0.610. The average molecular weight is 256 g/mol. The van der Waals surface area contributed by atoms with Crippen LogP contribution in [-0.2, 0) is 15.9 Å². The van der Waals surface area contributed by atoms with Crippen molar-refractivity contribution in [1.29, 1.82) is 0 Å². The summed E-state index contributed by atoms with van der Waals surface area (Å²) in [5, 5.41) is 0. The van der Waals surface area contributed by atoms with Gasteiger partial charge in [-0.1, -0.05) is 24.3 Å². The Bertz CT molecular complexity index is 397. The minimum atomic E-state index is -0.0453.